The quantitative estimate of drug-likeness (QED) is 0.335. The van der Waals surface area contributed by atoms with Gasteiger partial charge in [0, 0.05) is 31.1 Å². The number of ketones is 1. The third-order valence-corrected chi connectivity index (χ3v) is 7.77. The third-order valence-electron chi connectivity index (χ3n) is 7.77. The van der Waals surface area contributed by atoms with Crippen LogP contribution in [0.3, 0.4) is 0 Å². The number of nitrogens with two attached hydrogens (primary N) is 1. The van der Waals surface area contributed by atoms with Crippen LogP contribution < -0.4 is 5.73 Å². The number of aliphatic hydroxyl groups is 1. The summed E-state index contributed by atoms with van der Waals surface area (Å²) in [4.78, 5) is 26.4. The minimum absolute atomic E-state index is 0.0814. The van der Waals surface area contributed by atoms with Crippen molar-refractivity contribution in [2.24, 2.45) is 0 Å². The molecule has 0 spiro atoms. The first kappa shape index (κ1) is 27.9. The van der Waals surface area contributed by atoms with Gasteiger partial charge < -0.3 is 15.7 Å². The van der Waals surface area contributed by atoms with Crippen molar-refractivity contribution in [3.05, 3.63) is 77.6 Å². The summed E-state index contributed by atoms with van der Waals surface area (Å²) in [6.07, 6.45) is 6.28. The first-order chi connectivity index (χ1) is 18.4. The smallest absolute Gasteiger partial charge is 0.185 e. The number of aliphatic hydroxyl groups excluding tert-OH is 1. The van der Waals surface area contributed by atoms with Crippen molar-refractivity contribution in [2.45, 2.75) is 63.6 Å². The Balaban J connectivity index is 1.42. The summed E-state index contributed by atoms with van der Waals surface area (Å²) >= 11 is 0. The van der Waals surface area contributed by atoms with E-state index in [4.69, 9.17) is 5.73 Å². The van der Waals surface area contributed by atoms with Crippen LogP contribution in [0.2, 0.25) is 0 Å². The summed E-state index contributed by atoms with van der Waals surface area (Å²) < 4.78 is 0. The van der Waals surface area contributed by atoms with Gasteiger partial charge in [0.2, 0.25) is 0 Å². The number of hydrogen-bond acceptors (Lipinski definition) is 7. The number of nitrogen functional groups attached to an aromatic ring is 1. The number of hydrogen-bond donors (Lipinski definition) is 2. The van der Waals surface area contributed by atoms with Gasteiger partial charge >= 0.3 is 0 Å². The zero-order chi connectivity index (χ0) is 27.1. The van der Waals surface area contributed by atoms with Crippen molar-refractivity contribution < 1.29 is 9.90 Å². The van der Waals surface area contributed by atoms with Crippen LogP contribution in [0.5, 0.6) is 0 Å². The molecule has 2 atom stereocenters. The molecular formula is C31H41N5O2. The number of Topliss-reactive ketones (excluding diaryl/α,β-unsaturated/α-hetero) is 1. The molecule has 0 saturated carbocycles. The summed E-state index contributed by atoms with van der Waals surface area (Å²) in [5.41, 5.74) is 9.86. The summed E-state index contributed by atoms with van der Waals surface area (Å²) in [7, 11) is 4.23. The molecule has 1 saturated heterocycles. The van der Waals surface area contributed by atoms with Crippen molar-refractivity contribution >= 4 is 11.6 Å². The predicted octanol–water partition coefficient (Wildman–Crippen LogP) is 5.29. The van der Waals surface area contributed by atoms with Gasteiger partial charge in [0.15, 0.2) is 11.6 Å². The van der Waals surface area contributed by atoms with Gasteiger partial charge in [-0.1, -0.05) is 67.9 Å². The molecule has 1 aliphatic rings. The van der Waals surface area contributed by atoms with Crippen molar-refractivity contribution in [1.29, 1.82) is 0 Å². The normalized spacial score (nSPS) is 16.4. The number of carbonyl (C=O) groups is 1. The zero-order valence-corrected chi connectivity index (χ0v) is 22.9. The van der Waals surface area contributed by atoms with Gasteiger partial charge in [-0.3, -0.25) is 9.69 Å². The molecule has 4 rings (SSSR count). The Morgan fingerprint density at radius 2 is 1.74 bits per heavy atom. The Morgan fingerprint density at radius 3 is 2.37 bits per heavy atom. The standard InChI is InChI=1S/C31H41N5O2/c1-4-8-22(23-9-6-5-7-10-23)15-16-28(37)29-30(32)33-21-27(34-29)24-11-13-25(14-12-24)31(38)36-19-17-26(18-20-36)35(2)3/h5-7,9-14,21-22,26,31,38H,4,8,15-20H2,1-3H3,(H2,32,33). The molecule has 0 radical (unpaired) electrons. The molecule has 2 unspecified atom stereocenters. The second-order valence-electron chi connectivity index (χ2n) is 10.6. The Morgan fingerprint density at radius 1 is 1.05 bits per heavy atom. The van der Waals surface area contributed by atoms with Crippen LogP contribution >= 0.6 is 0 Å². The Labute approximate surface area is 226 Å². The van der Waals surface area contributed by atoms with E-state index in [1.54, 1.807) is 6.20 Å². The highest BCUT2D eigenvalue weighted by Crippen LogP contribution is 2.29. The lowest BCUT2D eigenvalue weighted by Gasteiger charge is -2.37. The van der Waals surface area contributed by atoms with Crippen molar-refractivity contribution in [2.75, 3.05) is 32.9 Å². The maximum atomic E-state index is 13.1. The lowest BCUT2D eigenvalue weighted by Crippen LogP contribution is -2.43. The largest absolute Gasteiger partial charge is 0.382 e. The Kier molecular flexibility index (Phi) is 9.61. The minimum atomic E-state index is -0.637. The van der Waals surface area contributed by atoms with Gasteiger partial charge in [-0.15, -0.1) is 0 Å². The molecule has 0 bridgehead atoms. The van der Waals surface area contributed by atoms with E-state index in [0.717, 1.165) is 56.3 Å². The van der Waals surface area contributed by atoms with Crippen molar-refractivity contribution in [3.63, 3.8) is 0 Å². The molecule has 2 heterocycles. The highest BCUT2D eigenvalue weighted by atomic mass is 16.3. The van der Waals surface area contributed by atoms with E-state index in [-0.39, 0.29) is 17.3 Å². The SMILES string of the molecule is CCCC(CCC(=O)c1nc(-c2ccc(C(O)N3CCC(N(C)C)CC3)cc2)cnc1N)c1ccccc1. The number of likely N-dealkylation sites (tertiary alicyclic amines) is 1. The van der Waals surface area contributed by atoms with Gasteiger partial charge in [-0.25, -0.2) is 9.97 Å². The fourth-order valence-electron chi connectivity index (χ4n) is 5.40. The van der Waals surface area contributed by atoms with Crippen LogP contribution in [0.4, 0.5) is 5.82 Å². The number of rotatable bonds is 11. The molecule has 0 amide bonds. The van der Waals surface area contributed by atoms with Gasteiger partial charge in [0.05, 0.1) is 11.9 Å². The van der Waals surface area contributed by atoms with E-state index in [1.165, 1.54) is 5.56 Å². The molecule has 38 heavy (non-hydrogen) atoms. The van der Waals surface area contributed by atoms with E-state index in [2.05, 4.69) is 52.9 Å². The summed E-state index contributed by atoms with van der Waals surface area (Å²) in [6, 6.07) is 18.6. The monoisotopic (exact) mass is 515 g/mol. The Bertz CT molecular complexity index is 1170. The lowest BCUT2D eigenvalue weighted by atomic mass is 9.89. The highest BCUT2D eigenvalue weighted by molar-refractivity contribution is 5.98. The topological polar surface area (TPSA) is 95.6 Å². The fourth-order valence-corrected chi connectivity index (χ4v) is 5.40. The van der Waals surface area contributed by atoms with Crippen LogP contribution in [0.25, 0.3) is 11.3 Å². The third kappa shape index (κ3) is 6.84. The fraction of sp³-hybridized carbons (Fsp3) is 0.452. The number of carbonyl (C=O) groups excluding carboxylic acids is 1. The average molecular weight is 516 g/mol. The molecule has 1 aromatic heterocycles. The molecule has 2 aromatic carbocycles. The van der Waals surface area contributed by atoms with Gasteiger partial charge in [0.25, 0.3) is 0 Å². The Hall–Kier alpha value is -3.13. The number of benzene rings is 2. The molecule has 7 heteroatoms. The second-order valence-corrected chi connectivity index (χ2v) is 10.6. The van der Waals surface area contributed by atoms with Gasteiger partial charge in [-0.05, 0) is 56.8 Å². The van der Waals surface area contributed by atoms with E-state index in [9.17, 15) is 9.90 Å². The lowest BCUT2D eigenvalue weighted by molar-refractivity contribution is -0.0222. The van der Waals surface area contributed by atoms with E-state index in [1.807, 2.05) is 42.5 Å². The van der Waals surface area contributed by atoms with Crippen LogP contribution in [0, 0.1) is 0 Å². The summed E-state index contributed by atoms with van der Waals surface area (Å²) in [5.74, 6) is 0.413. The second kappa shape index (κ2) is 13.1. The zero-order valence-electron chi connectivity index (χ0n) is 22.9. The number of aromatic nitrogens is 2. The molecule has 3 N–H and O–H groups in total. The van der Waals surface area contributed by atoms with Crippen LogP contribution in [-0.2, 0) is 0 Å². The number of anilines is 1. The number of nitrogens with zero attached hydrogens (tertiary/aromatic N) is 4. The van der Waals surface area contributed by atoms with E-state index in [0.29, 0.717) is 24.1 Å². The molecular weight excluding hydrogens is 474 g/mol. The maximum absolute atomic E-state index is 13.1. The molecule has 7 nitrogen and oxygen atoms in total. The van der Waals surface area contributed by atoms with Crippen LogP contribution in [-0.4, -0.2) is 63.9 Å². The van der Waals surface area contributed by atoms with Crippen LogP contribution in [0.1, 0.15) is 79.2 Å². The van der Waals surface area contributed by atoms with E-state index < -0.39 is 6.23 Å². The molecule has 1 fully saturated rings. The van der Waals surface area contributed by atoms with Gasteiger partial charge in [0.1, 0.15) is 11.9 Å². The number of piperidine rings is 1. The molecule has 1 aliphatic heterocycles. The van der Waals surface area contributed by atoms with E-state index >= 15 is 0 Å². The molecule has 3 aromatic rings. The summed E-state index contributed by atoms with van der Waals surface area (Å²) in [5, 5.41) is 10.9. The summed E-state index contributed by atoms with van der Waals surface area (Å²) in [6.45, 7) is 3.90. The molecule has 0 aliphatic carbocycles. The minimum Gasteiger partial charge on any atom is -0.382 e. The first-order valence-corrected chi connectivity index (χ1v) is 13.8. The van der Waals surface area contributed by atoms with Gasteiger partial charge in [-0.2, -0.15) is 0 Å². The van der Waals surface area contributed by atoms with Crippen molar-refractivity contribution in [1.82, 2.24) is 19.8 Å². The maximum Gasteiger partial charge on any atom is 0.185 e. The van der Waals surface area contributed by atoms with Crippen LogP contribution in [0.15, 0.2) is 60.8 Å². The average Bonchev–Trinajstić information content (AvgIpc) is 2.95. The first-order valence-electron chi connectivity index (χ1n) is 13.8. The molecule has 202 valence electrons. The predicted molar refractivity (Wildman–Crippen MR) is 153 cm³/mol. The highest BCUT2D eigenvalue weighted by Gasteiger charge is 2.26. The van der Waals surface area contributed by atoms with Crippen molar-refractivity contribution in [3.8, 4) is 11.3 Å².